The Hall–Kier alpha value is -2.61. The molecule has 5 aliphatic rings. The molecule has 33 heavy (non-hydrogen) atoms. The van der Waals surface area contributed by atoms with Crippen molar-refractivity contribution in [2.45, 2.75) is 44.9 Å². The van der Waals surface area contributed by atoms with Gasteiger partial charge in [-0.05, 0) is 62.7 Å². The predicted octanol–water partition coefficient (Wildman–Crippen LogP) is 2.50. The average Bonchev–Trinajstić information content (AvgIpc) is 2.82. The van der Waals surface area contributed by atoms with E-state index in [1.165, 1.54) is 12.5 Å². The lowest BCUT2D eigenvalue weighted by atomic mass is 9.95. The largest absolute Gasteiger partial charge is 0.381 e. The Balaban J connectivity index is 1.29. The first kappa shape index (κ1) is 22.2. The molecule has 0 atom stereocenters. The number of ether oxygens (including phenoxy) is 1. The van der Waals surface area contributed by atoms with E-state index in [0.717, 1.165) is 68.0 Å². The van der Waals surface area contributed by atoms with E-state index in [1.807, 2.05) is 11.0 Å². The number of amides is 2. The number of carbonyl (C=O) groups excluding carboxylic acids is 2. The maximum absolute atomic E-state index is 14.9. The molecule has 2 saturated heterocycles. The first-order chi connectivity index (χ1) is 16.1. The summed E-state index contributed by atoms with van der Waals surface area (Å²) in [5.41, 5.74) is 3.05. The van der Waals surface area contributed by atoms with Gasteiger partial charge >= 0.3 is 0 Å². The van der Waals surface area contributed by atoms with E-state index >= 15 is 0 Å². The predicted molar refractivity (Wildman–Crippen MR) is 122 cm³/mol. The zero-order valence-electron chi connectivity index (χ0n) is 19.1. The van der Waals surface area contributed by atoms with Crippen LogP contribution in [0.1, 0.15) is 44.9 Å². The maximum atomic E-state index is 14.9. The fourth-order valence-corrected chi connectivity index (χ4v) is 5.20. The summed E-state index contributed by atoms with van der Waals surface area (Å²) in [5.74, 6) is 0.698. The van der Waals surface area contributed by atoms with Crippen molar-refractivity contribution in [3.8, 4) is 0 Å². The molecule has 1 aliphatic carbocycles. The standard InChI is InChI=1S/C25H33FN4O3/c26-22-12-20(6-7-21(22)24(31)28-13-17-15-33-16-17)30-10-4-5-18-11-19(14-27-23(18)30)25(32)29-8-2-1-3-9-29/h11-12,17,27H,1-10,13-16H2,(H,28,31). The highest BCUT2D eigenvalue weighted by molar-refractivity contribution is 5.95. The molecule has 7 nitrogen and oxygen atoms in total. The van der Waals surface area contributed by atoms with Crippen LogP contribution in [0.25, 0.3) is 0 Å². The minimum atomic E-state index is -0.446. The van der Waals surface area contributed by atoms with Gasteiger partial charge in [0.2, 0.25) is 5.91 Å². The summed E-state index contributed by atoms with van der Waals surface area (Å²) in [4.78, 5) is 29.5. The average molecular weight is 457 g/mol. The Morgan fingerprint density at radius 2 is 1.88 bits per heavy atom. The van der Waals surface area contributed by atoms with Crippen molar-refractivity contribution in [2.24, 2.45) is 5.92 Å². The van der Waals surface area contributed by atoms with Crippen LogP contribution in [0.4, 0.5) is 4.39 Å². The number of hydrogen-bond donors (Lipinski definition) is 2. The van der Waals surface area contributed by atoms with E-state index < -0.39 is 5.83 Å². The second-order valence-corrected chi connectivity index (χ2v) is 9.58. The number of piperidine rings is 1. The smallest absolute Gasteiger partial charge is 0.251 e. The lowest BCUT2D eigenvalue weighted by Crippen LogP contribution is -2.43. The third-order valence-corrected chi connectivity index (χ3v) is 7.21. The van der Waals surface area contributed by atoms with Crippen molar-refractivity contribution in [2.75, 3.05) is 45.9 Å². The molecule has 0 aromatic rings. The van der Waals surface area contributed by atoms with Gasteiger partial charge < -0.3 is 25.2 Å². The Kier molecular flexibility index (Phi) is 6.53. The van der Waals surface area contributed by atoms with E-state index in [2.05, 4.69) is 15.5 Å². The summed E-state index contributed by atoms with van der Waals surface area (Å²) in [7, 11) is 0. The van der Waals surface area contributed by atoms with Crippen LogP contribution in [-0.4, -0.2) is 67.6 Å². The zero-order chi connectivity index (χ0) is 22.8. The first-order valence-corrected chi connectivity index (χ1v) is 12.3. The van der Waals surface area contributed by atoms with E-state index in [-0.39, 0.29) is 17.4 Å². The van der Waals surface area contributed by atoms with E-state index in [1.54, 1.807) is 0 Å². The number of dihydropyridines is 1. The van der Waals surface area contributed by atoms with Gasteiger partial charge in [-0.15, -0.1) is 0 Å². The summed E-state index contributed by atoms with van der Waals surface area (Å²) in [6.07, 6.45) is 9.77. The molecule has 0 saturated carbocycles. The number of allylic oxidation sites excluding steroid dienone is 5. The van der Waals surface area contributed by atoms with E-state index in [4.69, 9.17) is 4.74 Å². The monoisotopic (exact) mass is 456 g/mol. The summed E-state index contributed by atoms with van der Waals surface area (Å²) < 4.78 is 20.0. The molecule has 0 unspecified atom stereocenters. The third-order valence-electron chi connectivity index (χ3n) is 7.21. The molecular formula is C25H33FN4O3. The summed E-state index contributed by atoms with van der Waals surface area (Å²) in [6.45, 7) is 4.83. The van der Waals surface area contributed by atoms with Crippen molar-refractivity contribution in [1.29, 1.82) is 0 Å². The van der Waals surface area contributed by atoms with Gasteiger partial charge in [-0.1, -0.05) is 0 Å². The topological polar surface area (TPSA) is 73.9 Å². The molecule has 5 rings (SSSR count). The highest BCUT2D eigenvalue weighted by Crippen LogP contribution is 2.34. The van der Waals surface area contributed by atoms with Crippen LogP contribution in [0.5, 0.6) is 0 Å². The number of carbonyl (C=O) groups is 2. The van der Waals surface area contributed by atoms with Gasteiger partial charge in [0.1, 0.15) is 11.6 Å². The second kappa shape index (κ2) is 9.71. The minimum Gasteiger partial charge on any atom is -0.381 e. The summed E-state index contributed by atoms with van der Waals surface area (Å²) in [6, 6.07) is 0. The fourth-order valence-electron chi connectivity index (χ4n) is 5.20. The molecule has 8 heteroatoms. The van der Waals surface area contributed by atoms with Gasteiger partial charge in [-0.25, -0.2) is 4.39 Å². The van der Waals surface area contributed by atoms with Crippen molar-refractivity contribution in [1.82, 2.24) is 20.4 Å². The van der Waals surface area contributed by atoms with Gasteiger partial charge in [0.05, 0.1) is 18.8 Å². The van der Waals surface area contributed by atoms with Crippen molar-refractivity contribution < 1.29 is 18.7 Å². The Bertz CT molecular complexity index is 941. The lowest BCUT2D eigenvalue weighted by Gasteiger charge is -2.39. The number of rotatable bonds is 5. The van der Waals surface area contributed by atoms with Gasteiger partial charge in [-0.3, -0.25) is 9.59 Å². The normalized spacial score (nSPS) is 23.9. The van der Waals surface area contributed by atoms with Crippen LogP contribution in [0.15, 0.2) is 46.2 Å². The van der Waals surface area contributed by atoms with Crippen molar-refractivity contribution in [3.63, 3.8) is 0 Å². The highest BCUT2D eigenvalue weighted by atomic mass is 19.1. The summed E-state index contributed by atoms with van der Waals surface area (Å²) in [5, 5.41) is 6.29. The zero-order valence-corrected chi connectivity index (χ0v) is 19.1. The van der Waals surface area contributed by atoms with Crippen LogP contribution in [-0.2, 0) is 14.3 Å². The fraction of sp³-hybridized carbons (Fsp3) is 0.600. The number of nitrogens with zero attached hydrogens (tertiary/aromatic N) is 2. The van der Waals surface area contributed by atoms with Crippen LogP contribution in [0.3, 0.4) is 0 Å². The van der Waals surface area contributed by atoms with Gasteiger partial charge in [0.15, 0.2) is 0 Å². The van der Waals surface area contributed by atoms with E-state index in [9.17, 15) is 14.0 Å². The van der Waals surface area contributed by atoms with Crippen molar-refractivity contribution >= 4 is 11.8 Å². The molecule has 0 aromatic heterocycles. The number of nitrogens with one attached hydrogen (secondary N) is 2. The van der Waals surface area contributed by atoms with Crippen LogP contribution in [0.2, 0.25) is 0 Å². The molecule has 2 amide bonds. The summed E-state index contributed by atoms with van der Waals surface area (Å²) >= 11 is 0. The van der Waals surface area contributed by atoms with Gasteiger partial charge in [0.25, 0.3) is 5.91 Å². The Morgan fingerprint density at radius 1 is 1.06 bits per heavy atom. The molecule has 2 fully saturated rings. The molecule has 4 aliphatic heterocycles. The third kappa shape index (κ3) is 4.71. The number of halogens is 1. The lowest BCUT2D eigenvalue weighted by molar-refractivity contribution is -0.128. The highest BCUT2D eigenvalue weighted by Gasteiger charge is 2.31. The van der Waals surface area contributed by atoms with Gasteiger partial charge in [-0.2, -0.15) is 0 Å². The van der Waals surface area contributed by atoms with Gasteiger partial charge in [0, 0.05) is 49.9 Å². The molecule has 0 spiro atoms. The number of likely N-dealkylation sites (tertiary alicyclic amines) is 1. The molecule has 2 N–H and O–H groups in total. The SMILES string of the molecule is O=C(NCC1COC1)C1=C(F)C=C(N2CCCC3=C2NCC(C(=O)N2CCCCC2)=C3)CC1. The molecular weight excluding hydrogens is 423 g/mol. The minimum absolute atomic E-state index is 0.140. The number of hydrogen-bond acceptors (Lipinski definition) is 5. The second-order valence-electron chi connectivity index (χ2n) is 9.58. The quantitative estimate of drug-likeness (QED) is 0.665. The Labute approximate surface area is 194 Å². The first-order valence-electron chi connectivity index (χ1n) is 12.3. The Morgan fingerprint density at radius 3 is 2.61 bits per heavy atom. The molecule has 0 aromatic carbocycles. The van der Waals surface area contributed by atoms with Crippen LogP contribution in [0, 0.1) is 5.92 Å². The van der Waals surface area contributed by atoms with Crippen LogP contribution < -0.4 is 10.6 Å². The van der Waals surface area contributed by atoms with E-state index in [0.29, 0.717) is 45.1 Å². The maximum Gasteiger partial charge on any atom is 0.251 e. The van der Waals surface area contributed by atoms with Crippen LogP contribution >= 0.6 is 0 Å². The molecule has 178 valence electrons. The molecule has 0 bridgehead atoms. The molecule has 4 heterocycles. The molecule has 0 radical (unpaired) electrons. The van der Waals surface area contributed by atoms with Crippen molar-refractivity contribution in [3.05, 3.63) is 46.2 Å².